The Kier molecular flexibility index (Phi) is 5.08. The molecular weight excluding hydrogens is 304 g/mol. The van der Waals surface area contributed by atoms with Gasteiger partial charge >= 0.3 is 5.97 Å². The summed E-state index contributed by atoms with van der Waals surface area (Å²) in [5.41, 5.74) is 0.482. The molecule has 1 rings (SSSR count). The van der Waals surface area contributed by atoms with E-state index in [4.69, 9.17) is 5.11 Å². The van der Waals surface area contributed by atoms with Crippen LogP contribution in [-0.4, -0.2) is 29.6 Å². The molecule has 0 radical (unpaired) electrons. The molecule has 0 saturated carbocycles. The van der Waals surface area contributed by atoms with Crippen molar-refractivity contribution in [2.45, 2.75) is 12.8 Å². The average molecular weight is 317 g/mol. The Hall–Kier alpha value is -1.63. The Morgan fingerprint density at radius 2 is 2.22 bits per heavy atom. The first-order valence-electron chi connectivity index (χ1n) is 5.28. The normalized spacial score (nSPS) is 10.1. The summed E-state index contributed by atoms with van der Waals surface area (Å²) in [6.45, 7) is 0.448. The topological polar surface area (TPSA) is 83.7 Å². The van der Waals surface area contributed by atoms with Crippen LogP contribution < -0.4 is 4.90 Å². The Balaban J connectivity index is 2.83. The van der Waals surface area contributed by atoms with E-state index in [0.717, 1.165) is 4.47 Å². The largest absolute Gasteiger partial charge is 0.481 e. The van der Waals surface area contributed by atoms with Crippen LogP contribution >= 0.6 is 15.9 Å². The van der Waals surface area contributed by atoms with Crippen LogP contribution in [0.3, 0.4) is 0 Å². The number of carbonyl (C=O) groups is 1. The number of halogens is 1. The molecular formula is C11H13BrN2O4. The molecule has 1 aromatic rings. The minimum absolute atomic E-state index is 0.0102. The van der Waals surface area contributed by atoms with E-state index in [9.17, 15) is 14.9 Å². The lowest BCUT2D eigenvalue weighted by Gasteiger charge is -2.18. The molecule has 98 valence electrons. The maximum atomic E-state index is 10.9. The van der Waals surface area contributed by atoms with Crippen molar-refractivity contribution in [3.63, 3.8) is 0 Å². The zero-order valence-electron chi connectivity index (χ0n) is 9.80. The van der Waals surface area contributed by atoms with Gasteiger partial charge in [0, 0.05) is 30.6 Å². The van der Waals surface area contributed by atoms with Gasteiger partial charge in [0.25, 0.3) is 5.69 Å². The summed E-state index contributed by atoms with van der Waals surface area (Å²) in [5.74, 6) is -0.868. The summed E-state index contributed by atoms with van der Waals surface area (Å²) in [7, 11) is 1.70. The maximum Gasteiger partial charge on any atom is 0.303 e. The number of nitro benzene ring substituents is 1. The summed E-state index contributed by atoms with van der Waals surface area (Å²) >= 11 is 3.26. The number of aliphatic carboxylic acids is 1. The third kappa shape index (κ3) is 3.99. The minimum Gasteiger partial charge on any atom is -0.481 e. The van der Waals surface area contributed by atoms with E-state index < -0.39 is 10.9 Å². The summed E-state index contributed by atoms with van der Waals surface area (Å²) < 4.78 is 0.744. The summed E-state index contributed by atoms with van der Waals surface area (Å²) in [5, 5.41) is 19.4. The van der Waals surface area contributed by atoms with Crippen LogP contribution in [0, 0.1) is 10.1 Å². The second-order valence-corrected chi connectivity index (χ2v) is 4.72. The van der Waals surface area contributed by atoms with Crippen molar-refractivity contribution in [2.24, 2.45) is 0 Å². The fourth-order valence-electron chi connectivity index (χ4n) is 1.54. The fourth-order valence-corrected chi connectivity index (χ4v) is 1.89. The van der Waals surface area contributed by atoms with E-state index in [0.29, 0.717) is 18.7 Å². The Labute approximate surface area is 112 Å². The van der Waals surface area contributed by atoms with Crippen molar-refractivity contribution in [3.8, 4) is 0 Å². The first-order chi connectivity index (χ1) is 8.41. The van der Waals surface area contributed by atoms with Crippen LogP contribution in [0.5, 0.6) is 0 Å². The van der Waals surface area contributed by atoms with Crippen molar-refractivity contribution in [1.82, 2.24) is 0 Å². The van der Waals surface area contributed by atoms with Crippen molar-refractivity contribution >= 4 is 33.3 Å². The third-order valence-electron chi connectivity index (χ3n) is 2.43. The number of rotatable bonds is 6. The van der Waals surface area contributed by atoms with Crippen LogP contribution in [0.2, 0.25) is 0 Å². The highest BCUT2D eigenvalue weighted by Gasteiger charge is 2.17. The molecule has 1 aromatic carbocycles. The molecule has 0 atom stereocenters. The van der Waals surface area contributed by atoms with E-state index >= 15 is 0 Å². The number of hydrogen-bond acceptors (Lipinski definition) is 4. The van der Waals surface area contributed by atoms with Crippen molar-refractivity contribution in [1.29, 1.82) is 0 Å². The molecule has 18 heavy (non-hydrogen) atoms. The van der Waals surface area contributed by atoms with Crippen LogP contribution in [0.1, 0.15) is 12.8 Å². The first kappa shape index (κ1) is 14.4. The minimum atomic E-state index is -0.868. The molecule has 0 aromatic heterocycles. The summed E-state index contributed by atoms with van der Waals surface area (Å²) in [6, 6.07) is 4.68. The molecule has 0 unspecified atom stereocenters. The van der Waals surface area contributed by atoms with Crippen LogP contribution in [-0.2, 0) is 4.79 Å². The Morgan fingerprint density at radius 1 is 1.56 bits per heavy atom. The van der Waals surface area contributed by atoms with Gasteiger partial charge in [-0.05, 0) is 18.6 Å². The number of benzene rings is 1. The molecule has 0 heterocycles. The molecule has 0 aliphatic carbocycles. The standard InChI is InChI=1S/C11H13BrN2O4/c1-13(6-2-3-11(15)16)10-7-8(12)4-5-9(10)14(17)18/h4-5,7H,2-3,6H2,1H3,(H,15,16). The molecule has 0 saturated heterocycles. The average Bonchev–Trinajstić information content (AvgIpc) is 2.27. The predicted molar refractivity (Wildman–Crippen MR) is 70.9 cm³/mol. The molecule has 0 spiro atoms. The van der Waals surface area contributed by atoms with E-state index in [2.05, 4.69) is 15.9 Å². The Morgan fingerprint density at radius 3 is 2.78 bits per heavy atom. The SMILES string of the molecule is CN(CCCC(=O)O)c1cc(Br)ccc1[N+](=O)[O-]. The molecule has 0 fully saturated rings. The molecule has 0 aliphatic rings. The van der Waals surface area contributed by atoms with E-state index in [1.807, 2.05) is 0 Å². The monoisotopic (exact) mass is 316 g/mol. The van der Waals surface area contributed by atoms with Crippen LogP contribution in [0.4, 0.5) is 11.4 Å². The molecule has 0 aliphatic heterocycles. The van der Waals surface area contributed by atoms with E-state index in [1.54, 1.807) is 24.1 Å². The Bertz CT molecular complexity index is 464. The maximum absolute atomic E-state index is 10.9. The van der Waals surface area contributed by atoms with Gasteiger partial charge in [0.2, 0.25) is 0 Å². The third-order valence-corrected chi connectivity index (χ3v) is 2.92. The van der Waals surface area contributed by atoms with Gasteiger partial charge in [0.1, 0.15) is 5.69 Å². The lowest BCUT2D eigenvalue weighted by molar-refractivity contribution is -0.384. The number of nitrogens with zero attached hydrogens (tertiary/aromatic N) is 2. The van der Waals surface area contributed by atoms with Crippen molar-refractivity contribution < 1.29 is 14.8 Å². The van der Waals surface area contributed by atoms with E-state index in [-0.39, 0.29) is 12.1 Å². The molecule has 7 heteroatoms. The molecule has 6 nitrogen and oxygen atoms in total. The van der Waals surface area contributed by atoms with Gasteiger partial charge < -0.3 is 10.0 Å². The highest BCUT2D eigenvalue weighted by molar-refractivity contribution is 9.10. The predicted octanol–water partition coefficient (Wildman–Crippen LogP) is 2.66. The van der Waals surface area contributed by atoms with Gasteiger partial charge in [-0.25, -0.2) is 0 Å². The van der Waals surface area contributed by atoms with Crippen molar-refractivity contribution in [3.05, 3.63) is 32.8 Å². The van der Waals surface area contributed by atoms with Gasteiger partial charge in [-0.3, -0.25) is 14.9 Å². The number of carboxylic acid groups (broad SMARTS) is 1. The lowest BCUT2D eigenvalue weighted by atomic mass is 10.2. The van der Waals surface area contributed by atoms with Gasteiger partial charge in [-0.1, -0.05) is 15.9 Å². The quantitative estimate of drug-likeness (QED) is 0.644. The van der Waals surface area contributed by atoms with Gasteiger partial charge in [-0.2, -0.15) is 0 Å². The van der Waals surface area contributed by atoms with Gasteiger partial charge in [-0.15, -0.1) is 0 Å². The number of hydrogen-bond donors (Lipinski definition) is 1. The second kappa shape index (κ2) is 6.34. The lowest BCUT2D eigenvalue weighted by Crippen LogP contribution is -2.20. The number of anilines is 1. The van der Waals surface area contributed by atoms with E-state index in [1.165, 1.54) is 6.07 Å². The summed E-state index contributed by atoms with van der Waals surface area (Å²) in [4.78, 5) is 22.5. The fraction of sp³-hybridized carbons (Fsp3) is 0.364. The highest BCUT2D eigenvalue weighted by atomic mass is 79.9. The van der Waals surface area contributed by atoms with Crippen molar-refractivity contribution in [2.75, 3.05) is 18.5 Å². The van der Waals surface area contributed by atoms with Gasteiger partial charge in [0.15, 0.2) is 0 Å². The first-order valence-corrected chi connectivity index (χ1v) is 6.08. The van der Waals surface area contributed by atoms with Gasteiger partial charge in [0.05, 0.1) is 4.92 Å². The second-order valence-electron chi connectivity index (χ2n) is 3.81. The number of nitro groups is 1. The molecule has 0 bridgehead atoms. The number of carboxylic acids is 1. The summed E-state index contributed by atoms with van der Waals surface area (Å²) in [6.07, 6.45) is 0.488. The van der Waals surface area contributed by atoms with Crippen LogP contribution in [0.25, 0.3) is 0 Å². The zero-order chi connectivity index (χ0) is 13.7. The van der Waals surface area contributed by atoms with Crippen LogP contribution in [0.15, 0.2) is 22.7 Å². The highest BCUT2D eigenvalue weighted by Crippen LogP contribution is 2.30. The molecule has 0 amide bonds. The zero-order valence-corrected chi connectivity index (χ0v) is 11.4. The smallest absolute Gasteiger partial charge is 0.303 e. The molecule has 1 N–H and O–H groups in total.